The van der Waals surface area contributed by atoms with E-state index in [2.05, 4.69) is 359 Å². The topological polar surface area (TPSA) is 40.6 Å². The number of para-hydroxylation sites is 3. The standard InChI is InChI=1S/C98H57N5S3/c1-7-34-82-74(28-1)94-68(60-44-48-91-77(55-60)71-25-4-10-40-88(71)104-91)31-16-37-85(94)101(82)65-22-13-19-58(51-65)59-43-47-81-80(54-59)97(63-20-14-23-66(52-63)102-83-35-8-2-29-75(83)95-69(32-17-38-86(95)102)61-45-49-92-78(56-61)72-26-5-11-41-89(72)105-92)100-98(99-81)64-21-15-24-67(53-64)103-84-36-9-3-30-76(84)96-70(33-18-39-87(96)103)62-46-50-93-79(57-62)73-27-6-12-42-90(73)106-93/h1-57H. The van der Waals surface area contributed by atoms with Crippen LogP contribution >= 0.6 is 34.0 Å². The van der Waals surface area contributed by atoms with E-state index >= 15 is 0 Å². The monoisotopic (exact) mass is 1400 g/mol. The highest BCUT2D eigenvalue weighted by Crippen LogP contribution is 2.48. The molecule has 0 saturated carbocycles. The summed E-state index contributed by atoms with van der Waals surface area (Å²) >= 11 is 5.58. The van der Waals surface area contributed by atoms with Crippen molar-refractivity contribution in [1.29, 1.82) is 0 Å². The van der Waals surface area contributed by atoms with Gasteiger partial charge in [0.15, 0.2) is 5.82 Å². The largest absolute Gasteiger partial charge is 0.309 e. The van der Waals surface area contributed by atoms with E-state index < -0.39 is 0 Å². The van der Waals surface area contributed by atoms with Crippen molar-refractivity contribution in [2.75, 3.05) is 0 Å². The summed E-state index contributed by atoms with van der Waals surface area (Å²) in [6.07, 6.45) is 0. The minimum atomic E-state index is 0.647. The molecule has 8 heteroatoms. The summed E-state index contributed by atoms with van der Waals surface area (Å²) in [6.45, 7) is 0. The molecule has 23 aromatic rings. The predicted octanol–water partition coefficient (Wildman–Crippen LogP) is 28.0. The van der Waals surface area contributed by atoms with Gasteiger partial charge in [-0.2, -0.15) is 0 Å². The van der Waals surface area contributed by atoms with E-state index in [1.165, 1.54) is 126 Å². The van der Waals surface area contributed by atoms with Crippen LogP contribution in [0.15, 0.2) is 346 Å². The van der Waals surface area contributed by atoms with E-state index in [0.717, 1.165) is 89.0 Å². The number of rotatable bonds is 9. The molecular formula is C98H57N5S3. The molecule has 0 bridgehead atoms. The van der Waals surface area contributed by atoms with Crippen LogP contribution in [0.5, 0.6) is 0 Å². The van der Waals surface area contributed by atoms with Crippen molar-refractivity contribution in [3.8, 4) is 84.2 Å². The fourth-order valence-electron chi connectivity index (χ4n) is 17.4. The average molecular weight is 1400 g/mol. The van der Waals surface area contributed by atoms with E-state index in [1.54, 1.807) is 0 Å². The van der Waals surface area contributed by atoms with E-state index in [1.807, 2.05) is 34.0 Å². The van der Waals surface area contributed by atoms with Gasteiger partial charge in [0.1, 0.15) is 0 Å². The third-order valence-electron chi connectivity index (χ3n) is 22.0. The van der Waals surface area contributed by atoms with Gasteiger partial charge in [0, 0.05) is 126 Å². The zero-order chi connectivity index (χ0) is 69.2. The molecule has 0 amide bonds. The van der Waals surface area contributed by atoms with E-state index in [0.29, 0.717) is 5.82 Å². The minimum absolute atomic E-state index is 0.647. The second kappa shape index (κ2) is 23.2. The predicted molar refractivity (Wildman–Crippen MR) is 454 cm³/mol. The first kappa shape index (κ1) is 59.4. The van der Waals surface area contributed by atoms with Gasteiger partial charge in [0.2, 0.25) is 0 Å². The van der Waals surface area contributed by atoms with Crippen molar-refractivity contribution in [3.63, 3.8) is 0 Å². The fourth-order valence-corrected chi connectivity index (χ4v) is 20.6. The van der Waals surface area contributed by atoms with Crippen molar-refractivity contribution in [2.45, 2.75) is 0 Å². The Morgan fingerprint density at radius 3 is 0.962 bits per heavy atom. The van der Waals surface area contributed by atoms with Crippen molar-refractivity contribution in [2.24, 2.45) is 0 Å². The van der Waals surface area contributed by atoms with Crippen LogP contribution in [0, 0.1) is 0 Å². The van der Waals surface area contributed by atoms with Crippen molar-refractivity contribution in [1.82, 2.24) is 23.7 Å². The van der Waals surface area contributed by atoms with Gasteiger partial charge in [-0.3, -0.25) is 0 Å². The van der Waals surface area contributed by atoms with Crippen LogP contribution in [0.3, 0.4) is 0 Å². The lowest BCUT2D eigenvalue weighted by Gasteiger charge is -2.15. The Morgan fingerprint density at radius 1 is 0.198 bits per heavy atom. The number of nitrogens with zero attached hydrogens (tertiary/aromatic N) is 5. The van der Waals surface area contributed by atoms with Gasteiger partial charge < -0.3 is 13.7 Å². The first-order chi connectivity index (χ1) is 52.5. The molecule has 106 heavy (non-hydrogen) atoms. The van der Waals surface area contributed by atoms with Crippen molar-refractivity contribution in [3.05, 3.63) is 346 Å². The summed E-state index contributed by atoms with van der Waals surface area (Å²) in [5.74, 6) is 0.647. The van der Waals surface area contributed by atoms with E-state index in [9.17, 15) is 0 Å². The quantitative estimate of drug-likeness (QED) is 0.144. The smallest absolute Gasteiger partial charge is 0.160 e. The Kier molecular flexibility index (Phi) is 13.0. The summed E-state index contributed by atoms with van der Waals surface area (Å²) in [6, 6.07) is 128. The van der Waals surface area contributed by atoms with Crippen LogP contribution in [-0.4, -0.2) is 23.7 Å². The number of aromatic nitrogens is 5. The van der Waals surface area contributed by atoms with Crippen LogP contribution < -0.4 is 0 Å². The van der Waals surface area contributed by atoms with Crippen LogP contribution in [-0.2, 0) is 0 Å². The maximum Gasteiger partial charge on any atom is 0.160 e. The van der Waals surface area contributed by atoms with Gasteiger partial charge in [0.05, 0.1) is 44.3 Å². The Bertz CT molecular complexity index is 7680. The molecule has 0 aliphatic carbocycles. The number of hydrogen-bond donors (Lipinski definition) is 0. The third kappa shape index (κ3) is 9.06. The zero-order valence-electron chi connectivity index (χ0n) is 56.9. The molecule has 0 saturated heterocycles. The highest BCUT2D eigenvalue weighted by Gasteiger charge is 2.24. The lowest BCUT2D eigenvalue weighted by atomic mass is 9.98. The summed E-state index contributed by atoms with van der Waals surface area (Å²) < 4.78 is 15.1. The van der Waals surface area contributed by atoms with Crippen molar-refractivity contribution < 1.29 is 0 Å². The first-order valence-electron chi connectivity index (χ1n) is 36.0. The molecule has 7 heterocycles. The molecule has 492 valence electrons. The van der Waals surface area contributed by atoms with Gasteiger partial charge >= 0.3 is 0 Å². The van der Waals surface area contributed by atoms with Gasteiger partial charge in [-0.25, -0.2) is 9.97 Å². The lowest BCUT2D eigenvalue weighted by molar-refractivity contribution is 1.17. The number of fused-ring (bicyclic) bond motifs is 19. The average Bonchev–Trinajstić information content (AvgIpc) is 1.55. The molecule has 0 aliphatic heterocycles. The number of hydrogen-bond acceptors (Lipinski definition) is 5. The van der Waals surface area contributed by atoms with Crippen LogP contribution in [0.25, 0.3) is 221 Å². The Morgan fingerprint density at radius 2 is 0.519 bits per heavy atom. The van der Waals surface area contributed by atoms with Gasteiger partial charge in [-0.1, -0.05) is 206 Å². The molecule has 0 spiro atoms. The van der Waals surface area contributed by atoms with Crippen LogP contribution in [0.2, 0.25) is 0 Å². The molecule has 0 aliphatic rings. The zero-order valence-corrected chi connectivity index (χ0v) is 59.3. The van der Waals surface area contributed by atoms with Crippen LogP contribution in [0.1, 0.15) is 0 Å². The van der Waals surface area contributed by atoms with Gasteiger partial charge in [-0.15, -0.1) is 34.0 Å². The molecule has 5 nitrogen and oxygen atoms in total. The highest BCUT2D eigenvalue weighted by atomic mass is 32.1. The normalized spacial score (nSPS) is 12.2. The Balaban J connectivity index is 0.690. The number of thiophene rings is 3. The maximum atomic E-state index is 5.82. The van der Waals surface area contributed by atoms with Gasteiger partial charge in [0.25, 0.3) is 0 Å². The SMILES string of the molecule is c1cc(-c2ccc3nc(-c4cccc(-n5c6ccccc6c6c(-c7ccc8sc9ccccc9c8c7)cccc65)c4)nc(-c4cccc(-n5c6ccccc6c6c(-c7ccc8sc9ccccc9c8c7)cccc65)c4)c3c2)cc(-n2c3ccccc3c3c(-c4ccc5sc6ccccc6c5c4)cccc32)c1. The van der Waals surface area contributed by atoms with Crippen molar-refractivity contribution >= 4 is 171 Å². The van der Waals surface area contributed by atoms with E-state index in [4.69, 9.17) is 9.97 Å². The first-order valence-corrected chi connectivity index (χ1v) is 38.4. The van der Waals surface area contributed by atoms with E-state index in [-0.39, 0.29) is 0 Å². The van der Waals surface area contributed by atoms with Gasteiger partial charge in [-0.05, 0) is 184 Å². The molecular weight excluding hydrogens is 1340 g/mol. The lowest BCUT2D eigenvalue weighted by Crippen LogP contribution is -1.99. The molecule has 0 unspecified atom stereocenters. The molecule has 0 radical (unpaired) electrons. The number of benzene rings is 16. The van der Waals surface area contributed by atoms with Crippen LogP contribution in [0.4, 0.5) is 0 Å². The Labute approximate surface area is 619 Å². The summed E-state index contributed by atoms with van der Waals surface area (Å²) in [7, 11) is 0. The minimum Gasteiger partial charge on any atom is -0.309 e. The highest BCUT2D eigenvalue weighted by molar-refractivity contribution is 7.26. The molecule has 0 atom stereocenters. The summed E-state index contributed by atoms with van der Waals surface area (Å²) in [5, 5.41) is 16.0. The maximum absolute atomic E-state index is 5.82. The second-order valence-electron chi connectivity index (χ2n) is 27.9. The Hall–Kier alpha value is -13.1. The molecule has 0 N–H and O–H groups in total. The summed E-state index contributed by atoms with van der Waals surface area (Å²) in [5.41, 5.74) is 23.1. The second-order valence-corrected chi connectivity index (χ2v) is 31.1. The third-order valence-corrected chi connectivity index (χ3v) is 25.5. The summed E-state index contributed by atoms with van der Waals surface area (Å²) in [4.78, 5) is 11.4. The molecule has 16 aromatic carbocycles. The molecule has 0 fully saturated rings. The fraction of sp³-hybridized carbons (Fsp3) is 0. The molecule has 7 aromatic heterocycles. The molecule has 23 rings (SSSR count).